The number of carboxylic acid groups (broad SMARTS) is 2. The maximum absolute atomic E-state index is 11.2. The number of carbonyl (C=O) groups is 3. The van der Waals surface area contributed by atoms with Crippen LogP contribution in [-0.4, -0.2) is 34.6 Å². The van der Waals surface area contributed by atoms with E-state index in [1.165, 1.54) is 0 Å². The van der Waals surface area contributed by atoms with E-state index in [1.807, 2.05) is 0 Å². The van der Waals surface area contributed by atoms with Gasteiger partial charge in [0, 0.05) is 25.0 Å². The van der Waals surface area contributed by atoms with Gasteiger partial charge in [0.15, 0.2) is 0 Å². The van der Waals surface area contributed by atoms with Crippen LogP contribution < -0.4 is 5.32 Å². The van der Waals surface area contributed by atoms with Crippen LogP contribution in [0.5, 0.6) is 0 Å². The number of nitrogens with one attached hydrogen (secondary N) is 1. The largest absolute Gasteiger partial charge is 0.481 e. The summed E-state index contributed by atoms with van der Waals surface area (Å²) in [6.45, 7) is 3.74. The molecule has 96 valence electrons. The van der Waals surface area contributed by atoms with Crippen molar-refractivity contribution in [3.05, 3.63) is 12.2 Å². The van der Waals surface area contributed by atoms with Gasteiger partial charge in [-0.15, -0.1) is 0 Å². The molecule has 0 saturated heterocycles. The van der Waals surface area contributed by atoms with E-state index < -0.39 is 11.9 Å². The molecule has 0 bridgehead atoms. The van der Waals surface area contributed by atoms with Crippen molar-refractivity contribution in [3.8, 4) is 0 Å². The van der Waals surface area contributed by atoms with Crippen molar-refractivity contribution in [2.24, 2.45) is 0 Å². The summed E-state index contributed by atoms with van der Waals surface area (Å²) in [5, 5.41) is 19.5. The maximum atomic E-state index is 11.2. The highest BCUT2D eigenvalue weighted by Gasteiger charge is 2.05. The van der Waals surface area contributed by atoms with E-state index in [0.717, 1.165) is 0 Å². The fraction of sp³-hybridized carbons (Fsp3) is 0.545. The Hall–Kier alpha value is -1.85. The first kappa shape index (κ1) is 15.2. The molecule has 0 aliphatic rings. The molecule has 17 heavy (non-hydrogen) atoms. The number of aliphatic carboxylic acids is 2. The quantitative estimate of drug-likeness (QED) is 0.410. The summed E-state index contributed by atoms with van der Waals surface area (Å²) in [4.78, 5) is 31.7. The zero-order chi connectivity index (χ0) is 13.3. The zero-order valence-electron chi connectivity index (χ0n) is 9.57. The van der Waals surface area contributed by atoms with E-state index in [4.69, 9.17) is 10.2 Å². The number of carboxylic acids is 2. The molecule has 0 unspecified atom stereocenters. The third kappa shape index (κ3) is 9.10. The molecule has 6 nitrogen and oxygen atoms in total. The lowest BCUT2D eigenvalue weighted by molar-refractivity contribution is -0.137. The van der Waals surface area contributed by atoms with Crippen molar-refractivity contribution in [2.75, 3.05) is 6.54 Å². The van der Waals surface area contributed by atoms with E-state index in [2.05, 4.69) is 11.9 Å². The topological polar surface area (TPSA) is 104 Å². The van der Waals surface area contributed by atoms with Crippen LogP contribution in [0, 0.1) is 0 Å². The Bertz CT molecular complexity index is 311. The molecule has 0 radical (unpaired) electrons. The van der Waals surface area contributed by atoms with E-state index in [0.29, 0.717) is 25.8 Å². The van der Waals surface area contributed by atoms with Crippen LogP contribution in [0.25, 0.3) is 0 Å². The summed E-state index contributed by atoms with van der Waals surface area (Å²) in [6.07, 6.45) is 1.29. The van der Waals surface area contributed by atoms with Gasteiger partial charge in [-0.2, -0.15) is 0 Å². The predicted octanol–water partition coefficient (Wildman–Crippen LogP) is 0.778. The van der Waals surface area contributed by atoms with Crippen LogP contribution in [0.3, 0.4) is 0 Å². The smallest absolute Gasteiger partial charge is 0.330 e. The molecule has 0 saturated carbocycles. The van der Waals surface area contributed by atoms with Crippen molar-refractivity contribution in [2.45, 2.75) is 32.1 Å². The second-order valence-corrected chi connectivity index (χ2v) is 3.61. The van der Waals surface area contributed by atoms with E-state index in [-0.39, 0.29) is 24.3 Å². The molecule has 6 heteroatoms. The monoisotopic (exact) mass is 243 g/mol. The summed E-state index contributed by atoms with van der Waals surface area (Å²) >= 11 is 0. The number of rotatable bonds is 9. The lowest BCUT2D eigenvalue weighted by Gasteiger charge is -2.04. The van der Waals surface area contributed by atoms with Crippen LogP contribution in [0.15, 0.2) is 12.2 Å². The van der Waals surface area contributed by atoms with E-state index in [1.54, 1.807) is 0 Å². The van der Waals surface area contributed by atoms with Gasteiger partial charge in [-0.25, -0.2) is 4.79 Å². The first-order valence-electron chi connectivity index (χ1n) is 5.33. The SMILES string of the molecule is C=C(CCCNC(=O)CCCC(=O)O)C(=O)O. The standard InChI is InChI=1S/C11H17NO5/c1-8(11(16)17)4-3-7-12-9(13)5-2-6-10(14)15/h1-7H2,(H,12,13)(H,14,15)(H,16,17). The van der Waals surface area contributed by atoms with Gasteiger partial charge in [0.2, 0.25) is 5.91 Å². The maximum Gasteiger partial charge on any atom is 0.330 e. The van der Waals surface area contributed by atoms with E-state index in [9.17, 15) is 14.4 Å². The third-order valence-corrected chi connectivity index (χ3v) is 2.07. The second-order valence-electron chi connectivity index (χ2n) is 3.61. The van der Waals surface area contributed by atoms with Crippen LogP contribution >= 0.6 is 0 Å². The summed E-state index contributed by atoms with van der Waals surface area (Å²) < 4.78 is 0. The number of amides is 1. The van der Waals surface area contributed by atoms with Crippen LogP contribution in [-0.2, 0) is 14.4 Å². The van der Waals surface area contributed by atoms with Crippen LogP contribution in [0.1, 0.15) is 32.1 Å². The Morgan fingerprint density at radius 2 is 1.65 bits per heavy atom. The molecule has 0 aliphatic heterocycles. The minimum atomic E-state index is -1.03. The van der Waals surface area contributed by atoms with Gasteiger partial charge >= 0.3 is 11.9 Å². The molecule has 1 amide bonds. The normalized spacial score (nSPS) is 9.65. The van der Waals surface area contributed by atoms with Gasteiger partial charge in [0.25, 0.3) is 0 Å². The summed E-state index contributed by atoms with van der Waals surface area (Å²) in [7, 11) is 0. The molecule has 0 aromatic rings. The first-order valence-corrected chi connectivity index (χ1v) is 5.33. The molecule has 3 N–H and O–H groups in total. The molecule has 0 fully saturated rings. The highest BCUT2D eigenvalue weighted by Crippen LogP contribution is 2.01. The highest BCUT2D eigenvalue weighted by molar-refractivity contribution is 5.85. The first-order chi connectivity index (χ1) is 7.93. The summed E-state index contributed by atoms with van der Waals surface area (Å²) in [6, 6.07) is 0. The molecular weight excluding hydrogens is 226 g/mol. The molecule has 0 aromatic heterocycles. The average molecular weight is 243 g/mol. The van der Waals surface area contributed by atoms with Crippen molar-refractivity contribution in [3.63, 3.8) is 0 Å². The minimum Gasteiger partial charge on any atom is -0.481 e. The van der Waals surface area contributed by atoms with Crippen LogP contribution in [0.2, 0.25) is 0 Å². The van der Waals surface area contributed by atoms with Gasteiger partial charge in [0.05, 0.1) is 0 Å². The Morgan fingerprint density at radius 1 is 1.00 bits per heavy atom. The highest BCUT2D eigenvalue weighted by atomic mass is 16.4. The molecule has 0 aromatic carbocycles. The van der Waals surface area contributed by atoms with Gasteiger partial charge in [-0.3, -0.25) is 9.59 Å². The molecule has 0 aliphatic carbocycles. The Balaban J connectivity index is 3.48. The zero-order valence-corrected chi connectivity index (χ0v) is 9.57. The van der Waals surface area contributed by atoms with Gasteiger partial charge < -0.3 is 15.5 Å². The Labute approximate surface area is 99.3 Å². The van der Waals surface area contributed by atoms with Crippen molar-refractivity contribution >= 4 is 17.8 Å². The van der Waals surface area contributed by atoms with E-state index >= 15 is 0 Å². The fourth-order valence-electron chi connectivity index (χ4n) is 1.13. The number of carbonyl (C=O) groups excluding carboxylic acids is 1. The van der Waals surface area contributed by atoms with Gasteiger partial charge in [-0.1, -0.05) is 6.58 Å². The number of hydrogen-bond donors (Lipinski definition) is 3. The Morgan fingerprint density at radius 3 is 2.18 bits per heavy atom. The molecule has 0 rings (SSSR count). The predicted molar refractivity (Wildman–Crippen MR) is 60.5 cm³/mol. The molecule has 0 heterocycles. The van der Waals surface area contributed by atoms with Crippen molar-refractivity contribution < 1.29 is 24.6 Å². The van der Waals surface area contributed by atoms with Crippen molar-refractivity contribution in [1.82, 2.24) is 5.32 Å². The Kier molecular flexibility index (Phi) is 7.41. The molecule has 0 spiro atoms. The van der Waals surface area contributed by atoms with Gasteiger partial charge in [-0.05, 0) is 19.3 Å². The molecular formula is C11H17NO5. The van der Waals surface area contributed by atoms with Crippen LogP contribution in [0.4, 0.5) is 0 Å². The van der Waals surface area contributed by atoms with Gasteiger partial charge in [0.1, 0.15) is 0 Å². The minimum absolute atomic E-state index is 0.0246. The number of hydrogen-bond acceptors (Lipinski definition) is 3. The second kappa shape index (κ2) is 8.32. The summed E-state index contributed by atoms with van der Waals surface area (Å²) in [5.74, 6) is -2.17. The average Bonchev–Trinajstić information content (AvgIpc) is 2.23. The lowest BCUT2D eigenvalue weighted by Crippen LogP contribution is -2.24. The molecule has 0 atom stereocenters. The van der Waals surface area contributed by atoms with Crippen molar-refractivity contribution in [1.29, 1.82) is 0 Å². The lowest BCUT2D eigenvalue weighted by atomic mass is 10.1. The third-order valence-electron chi connectivity index (χ3n) is 2.07. The summed E-state index contributed by atoms with van der Waals surface area (Å²) in [5.41, 5.74) is 0.116. The fourth-order valence-corrected chi connectivity index (χ4v) is 1.13.